The quantitative estimate of drug-likeness (QED) is 0.517. The Labute approximate surface area is 168 Å². The lowest BCUT2D eigenvalue weighted by Gasteiger charge is -2.33. The summed E-state index contributed by atoms with van der Waals surface area (Å²) >= 11 is 5.82. The highest BCUT2D eigenvalue weighted by Crippen LogP contribution is 2.38. The molecule has 10 heteroatoms. The lowest BCUT2D eigenvalue weighted by Crippen LogP contribution is -2.59. The van der Waals surface area contributed by atoms with Gasteiger partial charge in [-0.15, -0.1) is 0 Å². The minimum atomic E-state index is -5.53. The van der Waals surface area contributed by atoms with Gasteiger partial charge in [0.05, 0.1) is 12.7 Å². The number of benzene rings is 2. The summed E-state index contributed by atoms with van der Waals surface area (Å²) in [6.45, 7) is 0. The van der Waals surface area contributed by atoms with Crippen molar-refractivity contribution in [1.82, 2.24) is 0 Å². The number of carboxylic acids is 1. The molecule has 2 atom stereocenters. The SMILES string of the molecule is COc1ccc(Cl)cc1C(=O)C(C(=O)C(F)(F)F)C(N)(C(=O)O)c1ccccc1. The number of hydrogen-bond donors (Lipinski definition) is 2. The van der Waals surface area contributed by atoms with E-state index in [-0.39, 0.29) is 16.3 Å². The zero-order valence-corrected chi connectivity index (χ0v) is 15.6. The smallest absolute Gasteiger partial charge is 0.450 e. The molecule has 6 nitrogen and oxygen atoms in total. The molecule has 3 N–H and O–H groups in total. The van der Waals surface area contributed by atoms with Crippen LogP contribution in [-0.4, -0.2) is 35.9 Å². The molecule has 0 aliphatic rings. The first-order valence-corrected chi connectivity index (χ1v) is 8.39. The molecule has 0 bridgehead atoms. The van der Waals surface area contributed by atoms with Crippen molar-refractivity contribution in [2.45, 2.75) is 11.7 Å². The van der Waals surface area contributed by atoms with Crippen LogP contribution in [-0.2, 0) is 15.1 Å². The number of methoxy groups -OCH3 is 1. The van der Waals surface area contributed by atoms with Crippen LogP contribution in [0.4, 0.5) is 13.2 Å². The summed E-state index contributed by atoms with van der Waals surface area (Å²) in [5.41, 5.74) is 1.99. The Morgan fingerprint density at radius 3 is 2.17 bits per heavy atom. The van der Waals surface area contributed by atoms with E-state index in [2.05, 4.69) is 0 Å². The van der Waals surface area contributed by atoms with E-state index in [1.165, 1.54) is 30.3 Å². The molecule has 0 amide bonds. The highest BCUT2D eigenvalue weighted by atomic mass is 35.5. The second-order valence-electron chi connectivity index (χ2n) is 6.04. The summed E-state index contributed by atoms with van der Waals surface area (Å²) in [6, 6.07) is 9.83. The Kier molecular flexibility index (Phi) is 6.34. The number of ketones is 2. The monoisotopic (exact) mass is 429 g/mol. The maximum Gasteiger partial charge on any atom is 0.450 e. The number of carbonyl (C=O) groups excluding carboxylic acids is 2. The first-order valence-electron chi connectivity index (χ1n) is 8.01. The van der Waals surface area contributed by atoms with Crippen LogP contribution < -0.4 is 10.5 Å². The molecule has 154 valence electrons. The topological polar surface area (TPSA) is 107 Å². The molecule has 0 aromatic heterocycles. The summed E-state index contributed by atoms with van der Waals surface area (Å²) in [5, 5.41) is 9.66. The van der Waals surface area contributed by atoms with Crippen LogP contribution >= 0.6 is 11.6 Å². The van der Waals surface area contributed by atoms with Gasteiger partial charge in [0.1, 0.15) is 11.7 Å². The van der Waals surface area contributed by atoms with Crippen LogP contribution in [0, 0.1) is 5.92 Å². The number of halogens is 4. The molecular formula is C19H15ClF3NO5. The lowest BCUT2D eigenvalue weighted by atomic mass is 9.72. The normalized spacial score (nSPS) is 14.6. The summed E-state index contributed by atoms with van der Waals surface area (Å²) in [7, 11) is 1.14. The van der Waals surface area contributed by atoms with E-state index in [0.717, 1.165) is 25.3 Å². The zero-order chi connectivity index (χ0) is 22.0. The second-order valence-corrected chi connectivity index (χ2v) is 6.48. The van der Waals surface area contributed by atoms with Gasteiger partial charge in [0.2, 0.25) is 5.78 Å². The van der Waals surface area contributed by atoms with Crippen LogP contribution in [0.15, 0.2) is 48.5 Å². The van der Waals surface area contributed by atoms with Gasteiger partial charge in [0, 0.05) is 5.02 Å². The number of ether oxygens (including phenoxy) is 1. The fraction of sp³-hybridized carbons (Fsp3) is 0.211. The molecule has 0 aliphatic carbocycles. The van der Waals surface area contributed by atoms with Crippen LogP contribution in [0.1, 0.15) is 15.9 Å². The third-order valence-corrected chi connectivity index (χ3v) is 4.53. The third kappa shape index (κ3) is 4.25. The van der Waals surface area contributed by atoms with E-state index in [0.29, 0.717) is 0 Å². The number of rotatable bonds is 7. The lowest BCUT2D eigenvalue weighted by molar-refractivity contribution is -0.178. The van der Waals surface area contributed by atoms with E-state index >= 15 is 0 Å². The van der Waals surface area contributed by atoms with Crippen molar-refractivity contribution >= 4 is 29.1 Å². The van der Waals surface area contributed by atoms with Crippen molar-refractivity contribution in [3.63, 3.8) is 0 Å². The molecule has 0 radical (unpaired) electrons. The van der Waals surface area contributed by atoms with Crippen molar-refractivity contribution < 1.29 is 37.4 Å². The largest absolute Gasteiger partial charge is 0.496 e. The van der Waals surface area contributed by atoms with Crippen molar-refractivity contribution in [3.8, 4) is 5.75 Å². The van der Waals surface area contributed by atoms with Crippen LogP contribution in [0.3, 0.4) is 0 Å². The first kappa shape index (κ1) is 22.4. The average Bonchev–Trinajstić information content (AvgIpc) is 2.67. The number of alkyl halides is 3. The van der Waals surface area contributed by atoms with Crippen LogP contribution in [0.2, 0.25) is 5.02 Å². The molecular weight excluding hydrogens is 415 g/mol. The highest BCUT2D eigenvalue weighted by molar-refractivity contribution is 6.31. The average molecular weight is 430 g/mol. The molecule has 29 heavy (non-hydrogen) atoms. The van der Waals surface area contributed by atoms with Gasteiger partial charge in [-0.05, 0) is 23.8 Å². The van der Waals surface area contributed by atoms with Crippen LogP contribution in [0.25, 0.3) is 0 Å². The van der Waals surface area contributed by atoms with Gasteiger partial charge in [0.25, 0.3) is 0 Å². The maximum absolute atomic E-state index is 13.3. The van der Waals surface area contributed by atoms with Crippen molar-refractivity contribution in [1.29, 1.82) is 0 Å². The zero-order valence-electron chi connectivity index (χ0n) is 14.9. The Balaban J connectivity index is 2.80. The Morgan fingerprint density at radius 2 is 1.69 bits per heavy atom. The molecule has 0 heterocycles. The number of Topliss-reactive ketones (excluding diaryl/α,β-unsaturated/α-hetero) is 2. The van der Waals surface area contributed by atoms with Gasteiger partial charge >= 0.3 is 12.1 Å². The molecule has 2 unspecified atom stereocenters. The standard InChI is InChI=1S/C19H15ClF3NO5/c1-29-13-8-7-11(20)9-12(13)15(25)14(16(26)19(21,22)23)18(24,17(27)28)10-5-3-2-4-6-10/h2-9,14H,24H2,1H3,(H,27,28). The Bertz CT molecular complexity index is 949. The summed E-state index contributed by atoms with van der Waals surface area (Å²) in [5.74, 6) is -9.09. The highest BCUT2D eigenvalue weighted by Gasteiger charge is 2.59. The van der Waals surface area contributed by atoms with Crippen LogP contribution in [0.5, 0.6) is 5.75 Å². The molecule has 0 saturated heterocycles. The van der Waals surface area contributed by atoms with Gasteiger partial charge < -0.3 is 15.6 Å². The predicted octanol–water partition coefficient (Wildman–Crippen LogP) is 3.22. The van der Waals surface area contributed by atoms with E-state index in [1.54, 1.807) is 0 Å². The van der Waals surface area contributed by atoms with Crippen molar-refractivity contribution in [2.24, 2.45) is 11.7 Å². The van der Waals surface area contributed by atoms with Crippen molar-refractivity contribution in [3.05, 3.63) is 64.7 Å². The second kappa shape index (κ2) is 8.22. The van der Waals surface area contributed by atoms with Gasteiger partial charge in [0.15, 0.2) is 11.3 Å². The van der Waals surface area contributed by atoms with Gasteiger partial charge in [-0.25, -0.2) is 4.79 Å². The van der Waals surface area contributed by atoms with E-state index < -0.39 is 40.7 Å². The number of aliphatic carboxylic acids is 1. The molecule has 0 saturated carbocycles. The number of carboxylic acid groups (broad SMARTS) is 1. The molecule has 0 spiro atoms. The van der Waals surface area contributed by atoms with E-state index in [1.807, 2.05) is 0 Å². The third-order valence-electron chi connectivity index (χ3n) is 4.29. The minimum Gasteiger partial charge on any atom is -0.496 e. The fourth-order valence-electron chi connectivity index (χ4n) is 2.85. The predicted molar refractivity (Wildman–Crippen MR) is 96.8 cm³/mol. The summed E-state index contributed by atoms with van der Waals surface area (Å²) in [6.07, 6.45) is -5.53. The minimum absolute atomic E-state index is 0.0370. The summed E-state index contributed by atoms with van der Waals surface area (Å²) in [4.78, 5) is 37.3. The van der Waals surface area contributed by atoms with Gasteiger partial charge in [-0.3, -0.25) is 9.59 Å². The number of hydrogen-bond acceptors (Lipinski definition) is 5. The van der Waals surface area contributed by atoms with E-state index in [4.69, 9.17) is 22.1 Å². The van der Waals surface area contributed by atoms with E-state index in [9.17, 15) is 32.7 Å². The molecule has 2 aromatic rings. The molecule has 2 rings (SSSR count). The molecule has 0 aliphatic heterocycles. The van der Waals surface area contributed by atoms with Crippen molar-refractivity contribution in [2.75, 3.05) is 7.11 Å². The first-order chi connectivity index (χ1) is 13.4. The van der Waals surface area contributed by atoms with Gasteiger partial charge in [-0.1, -0.05) is 41.9 Å². The number of nitrogens with two attached hydrogens (primary N) is 1. The Morgan fingerprint density at radius 1 is 1.10 bits per heavy atom. The fourth-order valence-corrected chi connectivity index (χ4v) is 3.02. The molecule has 2 aromatic carbocycles. The molecule has 0 fully saturated rings. The maximum atomic E-state index is 13.3. The Hall–Kier alpha value is -2.91. The number of carbonyl (C=O) groups is 3. The van der Waals surface area contributed by atoms with Gasteiger partial charge in [-0.2, -0.15) is 13.2 Å². The summed E-state index contributed by atoms with van der Waals surface area (Å²) < 4.78 is 45.0.